The zero-order valence-electron chi connectivity index (χ0n) is 11.3. The molecule has 2 rings (SSSR count). The van der Waals surface area contributed by atoms with Crippen LogP contribution < -0.4 is 5.73 Å². The molecular weight excluding hydrogens is 228 g/mol. The van der Waals surface area contributed by atoms with Crippen LogP contribution >= 0.6 is 0 Å². The number of nitrogens with zero attached hydrogens (tertiary/aromatic N) is 3. The van der Waals surface area contributed by atoms with Gasteiger partial charge in [-0.2, -0.15) is 0 Å². The molecule has 0 amide bonds. The van der Waals surface area contributed by atoms with Crippen molar-refractivity contribution in [2.75, 3.05) is 20.3 Å². The molecule has 0 saturated heterocycles. The first-order valence-corrected chi connectivity index (χ1v) is 6.98. The Bertz CT molecular complexity index is 358. The smallest absolute Gasteiger partial charge is 0.0874 e. The standard InChI is InChI=1S/C13H24N4O/c1-18-10-4-9-17-13(11-5-2-3-6-11)12(7-8-14)15-16-17/h11H,2-10,14H2,1H3. The number of aryl methyl sites for hydroxylation is 1. The molecular formula is C13H24N4O. The number of rotatable bonds is 7. The van der Waals surface area contributed by atoms with Crippen molar-refractivity contribution in [2.45, 2.75) is 51.0 Å². The van der Waals surface area contributed by atoms with Crippen molar-refractivity contribution in [2.24, 2.45) is 5.73 Å². The highest BCUT2D eigenvalue weighted by Gasteiger charge is 2.24. The van der Waals surface area contributed by atoms with Crippen LogP contribution in [-0.4, -0.2) is 35.3 Å². The van der Waals surface area contributed by atoms with Gasteiger partial charge < -0.3 is 10.5 Å². The fourth-order valence-corrected chi connectivity index (χ4v) is 2.84. The van der Waals surface area contributed by atoms with Crippen molar-refractivity contribution in [3.63, 3.8) is 0 Å². The van der Waals surface area contributed by atoms with E-state index in [4.69, 9.17) is 10.5 Å². The monoisotopic (exact) mass is 252 g/mol. The maximum Gasteiger partial charge on any atom is 0.0874 e. The molecule has 0 atom stereocenters. The van der Waals surface area contributed by atoms with Crippen molar-refractivity contribution < 1.29 is 4.74 Å². The van der Waals surface area contributed by atoms with Gasteiger partial charge in [0.05, 0.1) is 11.4 Å². The van der Waals surface area contributed by atoms with Gasteiger partial charge >= 0.3 is 0 Å². The maximum atomic E-state index is 5.66. The topological polar surface area (TPSA) is 66.0 Å². The summed E-state index contributed by atoms with van der Waals surface area (Å²) in [5.74, 6) is 0.643. The van der Waals surface area contributed by atoms with Crippen molar-refractivity contribution in [3.8, 4) is 0 Å². The number of aromatic nitrogens is 3. The number of hydrogen-bond acceptors (Lipinski definition) is 4. The summed E-state index contributed by atoms with van der Waals surface area (Å²) in [5, 5.41) is 8.63. The van der Waals surface area contributed by atoms with Crippen LogP contribution in [0.15, 0.2) is 0 Å². The summed E-state index contributed by atoms with van der Waals surface area (Å²) in [6, 6.07) is 0. The molecule has 1 saturated carbocycles. The average Bonchev–Trinajstić information content (AvgIpc) is 2.99. The Morgan fingerprint density at radius 2 is 2.17 bits per heavy atom. The lowest BCUT2D eigenvalue weighted by atomic mass is 10.0. The van der Waals surface area contributed by atoms with E-state index in [2.05, 4.69) is 15.0 Å². The lowest BCUT2D eigenvalue weighted by molar-refractivity contribution is 0.188. The first-order chi connectivity index (χ1) is 8.86. The van der Waals surface area contributed by atoms with Crippen molar-refractivity contribution in [3.05, 3.63) is 11.4 Å². The fourth-order valence-electron chi connectivity index (χ4n) is 2.84. The molecule has 5 heteroatoms. The van der Waals surface area contributed by atoms with Crippen molar-refractivity contribution >= 4 is 0 Å². The molecule has 1 aliphatic carbocycles. The third kappa shape index (κ3) is 3.09. The van der Waals surface area contributed by atoms with E-state index in [-0.39, 0.29) is 0 Å². The molecule has 0 bridgehead atoms. The molecule has 0 aliphatic heterocycles. The van der Waals surface area contributed by atoms with Crippen LogP contribution in [-0.2, 0) is 17.7 Å². The van der Waals surface area contributed by atoms with Gasteiger partial charge in [-0.25, -0.2) is 4.68 Å². The minimum absolute atomic E-state index is 0.643. The van der Waals surface area contributed by atoms with Crippen LogP contribution in [0.4, 0.5) is 0 Å². The van der Waals surface area contributed by atoms with Gasteiger partial charge in [0.1, 0.15) is 0 Å². The summed E-state index contributed by atoms with van der Waals surface area (Å²) in [6.45, 7) is 2.32. The first kappa shape index (κ1) is 13.5. The Hall–Kier alpha value is -0.940. The van der Waals surface area contributed by atoms with Gasteiger partial charge in [0.2, 0.25) is 0 Å². The summed E-state index contributed by atoms with van der Waals surface area (Å²) < 4.78 is 7.19. The predicted octanol–water partition coefficient (Wildman–Crippen LogP) is 1.47. The molecule has 1 aromatic rings. The van der Waals surface area contributed by atoms with Crippen LogP contribution in [0.5, 0.6) is 0 Å². The zero-order chi connectivity index (χ0) is 12.8. The molecule has 1 heterocycles. The molecule has 0 unspecified atom stereocenters. The van der Waals surface area contributed by atoms with Crippen LogP contribution in [0.3, 0.4) is 0 Å². The minimum atomic E-state index is 0.643. The SMILES string of the molecule is COCCCn1nnc(CCN)c1C1CCCC1. The molecule has 18 heavy (non-hydrogen) atoms. The third-order valence-corrected chi connectivity index (χ3v) is 3.69. The maximum absolute atomic E-state index is 5.66. The summed E-state index contributed by atoms with van der Waals surface area (Å²) in [6.07, 6.45) is 7.04. The van der Waals surface area contributed by atoms with Gasteiger partial charge in [-0.15, -0.1) is 5.10 Å². The van der Waals surface area contributed by atoms with E-state index in [1.54, 1.807) is 7.11 Å². The number of hydrogen-bond donors (Lipinski definition) is 1. The largest absolute Gasteiger partial charge is 0.385 e. The normalized spacial score (nSPS) is 16.6. The second-order valence-electron chi connectivity index (χ2n) is 5.01. The Kier molecular flexibility index (Phi) is 5.13. The molecule has 0 aromatic carbocycles. The summed E-state index contributed by atoms with van der Waals surface area (Å²) in [7, 11) is 1.74. The summed E-state index contributed by atoms with van der Waals surface area (Å²) in [4.78, 5) is 0. The number of nitrogens with two attached hydrogens (primary N) is 1. The van der Waals surface area contributed by atoms with Crippen LogP contribution in [0.25, 0.3) is 0 Å². The molecule has 1 aliphatic rings. The molecule has 102 valence electrons. The van der Waals surface area contributed by atoms with Crippen molar-refractivity contribution in [1.82, 2.24) is 15.0 Å². The fraction of sp³-hybridized carbons (Fsp3) is 0.846. The molecule has 1 fully saturated rings. The Morgan fingerprint density at radius 1 is 1.39 bits per heavy atom. The number of methoxy groups -OCH3 is 1. The first-order valence-electron chi connectivity index (χ1n) is 6.98. The van der Waals surface area contributed by atoms with Gasteiger partial charge in [0.15, 0.2) is 0 Å². The zero-order valence-corrected chi connectivity index (χ0v) is 11.3. The van der Waals surface area contributed by atoms with E-state index in [1.165, 1.54) is 31.4 Å². The van der Waals surface area contributed by atoms with E-state index in [0.717, 1.165) is 31.7 Å². The van der Waals surface area contributed by atoms with Gasteiger partial charge in [-0.05, 0) is 25.8 Å². The van der Waals surface area contributed by atoms with Gasteiger partial charge in [0, 0.05) is 32.6 Å². The van der Waals surface area contributed by atoms with E-state index in [1.807, 2.05) is 0 Å². The summed E-state index contributed by atoms with van der Waals surface area (Å²) in [5.41, 5.74) is 8.12. The highest BCUT2D eigenvalue weighted by Crippen LogP contribution is 2.35. The van der Waals surface area contributed by atoms with Crippen LogP contribution in [0, 0.1) is 0 Å². The van der Waals surface area contributed by atoms with Gasteiger partial charge in [-0.1, -0.05) is 18.1 Å². The number of ether oxygens (including phenoxy) is 1. The van der Waals surface area contributed by atoms with E-state index >= 15 is 0 Å². The molecule has 1 aromatic heterocycles. The second kappa shape index (κ2) is 6.85. The average molecular weight is 252 g/mol. The molecule has 0 spiro atoms. The van der Waals surface area contributed by atoms with E-state index in [9.17, 15) is 0 Å². The van der Waals surface area contributed by atoms with Crippen molar-refractivity contribution in [1.29, 1.82) is 0 Å². The van der Waals surface area contributed by atoms with Crippen LogP contribution in [0.2, 0.25) is 0 Å². The third-order valence-electron chi connectivity index (χ3n) is 3.69. The highest BCUT2D eigenvalue weighted by atomic mass is 16.5. The molecule has 5 nitrogen and oxygen atoms in total. The molecule has 2 N–H and O–H groups in total. The lowest BCUT2D eigenvalue weighted by Gasteiger charge is -2.13. The highest BCUT2D eigenvalue weighted by molar-refractivity contribution is 5.17. The second-order valence-corrected chi connectivity index (χ2v) is 5.01. The lowest BCUT2D eigenvalue weighted by Crippen LogP contribution is -2.12. The van der Waals surface area contributed by atoms with Gasteiger partial charge in [0.25, 0.3) is 0 Å². The quantitative estimate of drug-likeness (QED) is 0.746. The summed E-state index contributed by atoms with van der Waals surface area (Å²) >= 11 is 0. The molecule has 0 radical (unpaired) electrons. The van der Waals surface area contributed by atoms with Crippen LogP contribution in [0.1, 0.15) is 49.4 Å². The predicted molar refractivity (Wildman–Crippen MR) is 70.5 cm³/mol. The Morgan fingerprint density at radius 3 is 2.83 bits per heavy atom. The van der Waals surface area contributed by atoms with Gasteiger partial charge in [-0.3, -0.25) is 0 Å². The van der Waals surface area contributed by atoms with E-state index in [0.29, 0.717) is 12.5 Å². The van der Waals surface area contributed by atoms with E-state index < -0.39 is 0 Å². The minimum Gasteiger partial charge on any atom is -0.385 e. The Labute approximate surface area is 109 Å². The Balaban J connectivity index is 2.11.